The van der Waals surface area contributed by atoms with E-state index in [-0.39, 0.29) is 6.67 Å². The van der Waals surface area contributed by atoms with E-state index in [1.165, 1.54) is 0 Å². The third-order valence-corrected chi connectivity index (χ3v) is 0.540. The summed E-state index contributed by atoms with van der Waals surface area (Å²) < 4.78 is 44.5. The Morgan fingerprint density at radius 1 is 1.25 bits per heavy atom. The molecule has 0 heterocycles. The van der Waals surface area contributed by atoms with Crippen LogP contribution in [0.2, 0.25) is 0 Å². The van der Waals surface area contributed by atoms with Gasteiger partial charge in [-0.2, -0.15) is 0 Å². The van der Waals surface area contributed by atoms with Crippen molar-refractivity contribution in [2.75, 3.05) is 0 Å². The molecule has 49 valence electrons. The standard InChI is InChI=1S/C4H5F4/c5-2-3(6)1-4(7)8/h2-4H,1H2. The van der Waals surface area contributed by atoms with Crippen molar-refractivity contribution in [3.63, 3.8) is 0 Å². The second-order valence-electron chi connectivity index (χ2n) is 1.27. The van der Waals surface area contributed by atoms with Gasteiger partial charge in [-0.3, -0.25) is 0 Å². The van der Waals surface area contributed by atoms with Crippen LogP contribution in [0, 0.1) is 6.67 Å². The first-order chi connectivity index (χ1) is 3.66. The maximum absolute atomic E-state index is 11.5. The molecular formula is C4H5F4. The minimum absolute atomic E-state index is 0.383. The molecule has 1 atom stereocenters. The molecule has 0 nitrogen and oxygen atoms in total. The molecule has 1 radical (unpaired) electrons. The summed E-state index contributed by atoms with van der Waals surface area (Å²) in [4.78, 5) is 0. The Balaban J connectivity index is 3.10. The highest BCUT2D eigenvalue weighted by atomic mass is 19.3. The molecule has 0 bridgehead atoms. The van der Waals surface area contributed by atoms with Crippen LogP contribution in [0.4, 0.5) is 17.6 Å². The Morgan fingerprint density at radius 2 is 1.75 bits per heavy atom. The Bertz CT molecular complexity index is 54.0. The van der Waals surface area contributed by atoms with Gasteiger partial charge in [0, 0.05) is 6.42 Å². The van der Waals surface area contributed by atoms with Gasteiger partial charge in [-0.05, 0) is 0 Å². The number of rotatable bonds is 3. The van der Waals surface area contributed by atoms with Crippen molar-refractivity contribution >= 4 is 0 Å². The van der Waals surface area contributed by atoms with Crippen LogP contribution in [0.1, 0.15) is 6.42 Å². The lowest BCUT2D eigenvalue weighted by Gasteiger charge is -1.98. The molecule has 8 heavy (non-hydrogen) atoms. The Morgan fingerprint density at radius 3 is 1.88 bits per heavy atom. The fourth-order valence-corrected chi connectivity index (χ4v) is 0.222. The topological polar surface area (TPSA) is 0 Å². The molecule has 0 spiro atoms. The maximum Gasteiger partial charge on any atom is 0.241 e. The molecule has 4 heteroatoms. The van der Waals surface area contributed by atoms with Crippen LogP contribution in [-0.2, 0) is 0 Å². The van der Waals surface area contributed by atoms with Crippen molar-refractivity contribution < 1.29 is 17.6 Å². The normalized spacial score (nSPS) is 14.6. The summed E-state index contributed by atoms with van der Waals surface area (Å²) in [5, 5.41) is 0. The minimum atomic E-state index is -2.77. The molecule has 0 fully saturated rings. The van der Waals surface area contributed by atoms with E-state index in [0.29, 0.717) is 0 Å². The van der Waals surface area contributed by atoms with E-state index < -0.39 is 19.0 Å². The molecule has 0 aliphatic heterocycles. The lowest BCUT2D eigenvalue weighted by atomic mass is 10.3. The van der Waals surface area contributed by atoms with Gasteiger partial charge in [-0.15, -0.1) is 0 Å². The highest BCUT2D eigenvalue weighted by molar-refractivity contribution is 4.64. The largest absolute Gasteiger partial charge is 0.244 e. The fraction of sp³-hybridized carbons (Fsp3) is 0.750. The fourth-order valence-electron chi connectivity index (χ4n) is 0.222. The lowest BCUT2D eigenvalue weighted by Crippen LogP contribution is -2.03. The van der Waals surface area contributed by atoms with Crippen LogP contribution < -0.4 is 0 Å². The van der Waals surface area contributed by atoms with Gasteiger partial charge in [-0.25, -0.2) is 17.6 Å². The van der Waals surface area contributed by atoms with Crippen LogP contribution in [0.25, 0.3) is 0 Å². The summed E-state index contributed by atoms with van der Waals surface area (Å²) in [6, 6.07) is 0. The molecule has 0 rings (SSSR count). The molecule has 0 aromatic heterocycles. The Kier molecular flexibility index (Phi) is 3.56. The van der Waals surface area contributed by atoms with Crippen LogP contribution in [0.3, 0.4) is 0 Å². The predicted octanol–water partition coefficient (Wildman–Crippen LogP) is 2.11. The highest BCUT2D eigenvalue weighted by Crippen LogP contribution is 2.09. The van der Waals surface area contributed by atoms with Crippen molar-refractivity contribution in [1.29, 1.82) is 0 Å². The van der Waals surface area contributed by atoms with Gasteiger partial charge >= 0.3 is 0 Å². The number of hydrogen-bond donors (Lipinski definition) is 0. The zero-order chi connectivity index (χ0) is 6.57. The Hall–Kier alpha value is -0.280. The van der Waals surface area contributed by atoms with E-state index in [1.807, 2.05) is 0 Å². The summed E-state index contributed by atoms with van der Waals surface area (Å²) >= 11 is 0. The second kappa shape index (κ2) is 3.69. The molecule has 0 aliphatic rings. The highest BCUT2D eigenvalue weighted by Gasteiger charge is 2.13. The molecule has 0 amide bonds. The van der Waals surface area contributed by atoms with Crippen molar-refractivity contribution in [3.8, 4) is 0 Å². The molecule has 0 aromatic rings. The minimum Gasteiger partial charge on any atom is -0.244 e. The summed E-state index contributed by atoms with van der Waals surface area (Å²) in [5.74, 6) is 0. The van der Waals surface area contributed by atoms with Crippen LogP contribution in [-0.4, -0.2) is 12.6 Å². The summed E-state index contributed by atoms with van der Waals surface area (Å²) in [6.45, 7) is -0.383. The third-order valence-electron chi connectivity index (χ3n) is 0.540. The SMILES string of the molecule is F[CH]C(F)CC(F)F. The van der Waals surface area contributed by atoms with Crippen LogP contribution >= 0.6 is 0 Å². The maximum atomic E-state index is 11.5. The predicted molar refractivity (Wildman–Crippen MR) is 20.9 cm³/mol. The average molecular weight is 129 g/mol. The molecule has 1 unspecified atom stereocenters. The van der Waals surface area contributed by atoms with Gasteiger partial charge in [0.2, 0.25) is 6.43 Å². The number of hydrogen-bond acceptors (Lipinski definition) is 0. The van der Waals surface area contributed by atoms with Gasteiger partial charge < -0.3 is 0 Å². The first kappa shape index (κ1) is 7.72. The van der Waals surface area contributed by atoms with E-state index in [2.05, 4.69) is 0 Å². The summed E-state index contributed by atoms with van der Waals surface area (Å²) in [7, 11) is 0. The van der Waals surface area contributed by atoms with E-state index in [1.54, 1.807) is 0 Å². The van der Waals surface area contributed by atoms with Gasteiger partial charge in [0.25, 0.3) is 0 Å². The first-order valence-corrected chi connectivity index (χ1v) is 2.02. The van der Waals surface area contributed by atoms with Gasteiger partial charge in [0.05, 0.1) is 0 Å². The number of alkyl halides is 3. The van der Waals surface area contributed by atoms with Crippen molar-refractivity contribution in [2.24, 2.45) is 0 Å². The van der Waals surface area contributed by atoms with Gasteiger partial charge in [-0.1, -0.05) is 0 Å². The Labute approximate surface area is 44.5 Å². The van der Waals surface area contributed by atoms with Crippen LogP contribution in [0.5, 0.6) is 0 Å². The van der Waals surface area contributed by atoms with E-state index in [9.17, 15) is 17.6 Å². The second-order valence-corrected chi connectivity index (χ2v) is 1.27. The smallest absolute Gasteiger partial charge is 0.241 e. The van der Waals surface area contributed by atoms with Gasteiger partial charge in [0.1, 0.15) is 6.17 Å². The molecular weight excluding hydrogens is 124 g/mol. The first-order valence-electron chi connectivity index (χ1n) is 2.02. The van der Waals surface area contributed by atoms with E-state index in [0.717, 1.165) is 0 Å². The molecule has 0 N–H and O–H groups in total. The molecule has 0 saturated heterocycles. The molecule has 0 aromatic carbocycles. The lowest BCUT2D eigenvalue weighted by molar-refractivity contribution is 0.102. The average Bonchev–Trinajstić information content (AvgIpc) is 1.65. The van der Waals surface area contributed by atoms with E-state index >= 15 is 0 Å². The molecule has 0 saturated carbocycles. The van der Waals surface area contributed by atoms with Crippen molar-refractivity contribution in [3.05, 3.63) is 6.67 Å². The summed E-state index contributed by atoms with van der Waals surface area (Å²) in [6.07, 6.45) is -5.93. The monoisotopic (exact) mass is 129 g/mol. The quantitative estimate of drug-likeness (QED) is 0.512. The summed E-state index contributed by atoms with van der Waals surface area (Å²) in [5.41, 5.74) is 0. The van der Waals surface area contributed by atoms with Gasteiger partial charge in [0.15, 0.2) is 6.67 Å². The third kappa shape index (κ3) is 3.89. The zero-order valence-electron chi connectivity index (χ0n) is 3.95. The number of halogens is 4. The van der Waals surface area contributed by atoms with Crippen molar-refractivity contribution in [2.45, 2.75) is 19.0 Å². The molecule has 0 aliphatic carbocycles. The van der Waals surface area contributed by atoms with Crippen LogP contribution in [0.15, 0.2) is 0 Å². The van der Waals surface area contributed by atoms with Crippen molar-refractivity contribution in [1.82, 2.24) is 0 Å². The zero-order valence-corrected chi connectivity index (χ0v) is 3.95. The van der Waals surface area contributed by atoms with E-state index in [4.69, 9.17) is 0 Å².